The molecule has 1 radical (unpaired) electrons. The van der Waals surface area contributed by atoms with Crippen molar-refractivity contribution >= 4 is 6.47 Å². The molecule has 4 atom stereocenters. The molecule has 1 aliphatic carbocycles. The highest BCUT2D eigenvalue weighted by Gasteiger charge is 2.30. The first-order chi connectivity index (χ1) is 6.15. The van der Waals surface area contributed by atoms with Crippen LogP contribution in [0.25, 0.3) is 0 Å². The van der Waals surface area contributed by atoms with Gasteiger partial charge in [-0.1, -0.05) is 20.3 Å². The second-order valence-electron chi connectivity index (χ2n) is 4.47. The van der Waals surface area contributed by atoms with Crippen molar-refractivity contribution < 1.29 is 9.53 Å². The second kappa shape index (κ2) is 4.64. The van der Waals surface area contributed by atoms with Gasteiger partial charge in [0, 0.05) is 0 Å². The van der Waals surface area contributed by atoms with E-state index >= 15 is 0 Å². The average molecular weight is 183 g/mol. The maximum absolute atomic E-state index is 10.1. The van der Waals surface area contributed by atoms with Crippen LogP contribution in [-0.2, 0) is 9.53 Å². The Morgan fingerprint density at radius 2 is 2.08 bits per heavy atom. The number of hydrogen-bond acceptors (Lipinski definition) is 2. The van der Waals surface area contributed by atoms with Gasteiger partial charge < -0.3 is 4.74 Å². The Balaban J connectivity index is 2.45. The molecule has 1 fully saturated rings. The van der Waals surface area contributed by atoms with Crippen molar-refractivity contribution in [2.75, 3.05) is 0 Å². The van der Waals surface area contributed by atoms with Crippen LogP contribution in [0.3, 0.4) is 0 Å². The van der Waals surface area contributed by atoms with Gasteiger partial charge >= 0.3 is 6.47 Å². The van der Waals surface area contributed by atoms with Crippen LogP contribution in [0.5, 0.6) is 0 Å². The molecule has 4 unspecified atom stereocenters. The molecule has 2 nitrogen and oxygen atoms in total. The quantitative estimate of drug-likeness (QED) is 0.672. The largest absolute Gasteiger partial charge is 0.454 e. The molecule has 0 bridgehead atoms. The van der Waals surface area contributed by atoms with Gasteiger partial charge in [-0.15, -0.1) is 0 Å². The van der Waals surface area contributed by atoms with Crippen molar-refractivity contribution in [1.29, 1.82) is 0 Å². The van der Waals surface area contributed by atoms with Crippen LogP contribution in [0.4, 0.5) is 0 Å². The second-order valence-corrected chi connectivity index (χ2v) is 4.47. The van der Waals surface area contributed by atoms with E-state index in [0.29, 0.717) is 11.8 Å². The molecule has 13 heavy (non-hydrogen) atoms. The molecule has 2 heteroatoms. The van der Waals surface area contributed by atoms with E-state index in [1.54, 1.807) is 6.47 Å². The highest BCUT2D eigenvalue weighted by Crippen LogP contribution is 2.35. The van der Waals surface area contributed by atoms with Gasteiger partial charge in [0.05, 0.1) is 0 Å². The zero-order valence-corrected chi connectivity index (χ0v) is 8.75. The summed E-state index contributed by atoms with van der Waals surface area (Å²) in [7, 11) is 0. The van der Waals surface area contributed by atoms with Crippen molar-refractivity contribution in [3.05, 3.63) is 0 Å². The van der Waals surface area contributed by atoms with Gasteiger partial charge in [-0.2, -0.15) is 0 Å². The van der Waals surface area contributed by atoms with Gasteiger partial charge in [-0.25, -0.2) is 4.79 Å². The van der Waals surface area contributed by atoms with E-state index in [2.05, 4.69) is 13.8 Å². The summed E-state index contributed by atoms with van der Waals surface area (Å²) in [5.74, 6) is 2.04. The lowest BCUT2D eigenvalue weighted by Gasteiger charge is -2.35. The number of ether oxygens (including phenoxy) is 1. The van der Waals surface area contributed by atoms with E-state index < -0.39 is 0 Å². The fraction of sp³-hybridized carbons (Fsp3) is 0.909. The molecule has 1 aliphatic rings. The van der Waals surface area contributed by atoms with Crippen molar-refractivity contribution in [2.45, 2.75) is 46.1 Å². The summed E-state index contributed by atoms with van der Waals surface area (Å²) in [6.07, 6.45) is 3.75. The summed E-state index contributed by atoms with van der Waals surface area (Å²) in [4.78, 5) is 10.1. The zero-order chi connectivity index (χ0) is 9.84. The highest BCUT2D eigenvalue weighted by molar-refractivity contribution is 5.38. The minimum Gasteiger partial charge on any atom is -0.454 e. The third-order valence-corrected chi connectivity index (χ3v) is 3.33. The standard InChI is InChI=1S/C11H19O2/c1-8-4-5-11(9(2)6-8)10(3)13-7-12/h8-11H,4-6H2,1-3H3. The summed E-state index contributed by atoms with van der Waals surface area (Å²) in [6, 6.07) is 0. The predicted octanol–water partition coefficient (Wildman–Crippen LogP) is 2.53. The van der Waals surface area contributed by atoms with Crippen LogP contribution < -0.4 is 0 Å². The molecule has 0 aromatic rings. The number of carbonyl (C=O) groups excluding carboxylic acids is 1. The van der Waals surface area contributed by atoms with Crippen molar-refractivity contribution in [3.63, 3.8) is 0 Å². The molecule has 1 saturated carbocycles. The fourth-order valence-corrected chi connectivity index (χ4v) is 2.55. The molecule has 0 amide bonds. The van der Waals surface area contributed by atoms with Gasteiger partial charge in [0.15, 0.2) is 0 Å². The van der Waals surface area contributed by atoms with Crippen LogP contribution in [0.1, 0.15) is 40.0 Å². The molecule has 0 heterocycles. The summed E-state index contributed by atoms with van der Waals surface area (Å²) in [5.41, 5.74) is 0. The molecule has 0 aromatic heterocycles. The monoisotopic (exact) mass is 183 g/mol. The van der Waals surface area contributed by atoms with E-state index in [0.717, 1.165) is 5.92 Å². The Kier molecular flexibility index (Phi) is 3.76. The van der Waals surface area contributed by atoms with E-state index in [9.17, 15) is 4.79 Å². The van der Waals surface area contributed by atoms with Crippen molar-refractivity contribution in [1.82, 2.24) is 0 Å². The van der Waals surface area contributed by atoms with E-state index in [-0.39, 0.29) is 6.10 Å². The molecular formula is C11H19O2. The first kappa shape index (κ1) is 10.6. The van der Waals surface area contributed by atoms with E-state index in [1.807, 2.05) is 6.92 Å². The topological polar surface area (TPSA) is 26.3 Å². The minimum atomic E-state index is 0.0417. The van der Waals surface area contributed by atoms with Gasteiger partial charge in [0.1, 0.15) is 6.10 Å². The minimum absolute atomic E-state index is 0.0417. The normalized spacial score (nSPS) is 36.7. The summed E-state index contributed by atoms with van der Waals surface area (Å²) in [5, 5.41) is 0. The Morgan fingerprint density at radius 1 is 1.38 bits per heavy atom. The molecule has 0 aromatic carbocycles. The smallest absolute Gasteiger partial charge is 0.417 e. The lowest BCUT2D eigenvalue weighted by atomic mass is 9.73. The molecule has 1 rings (SSSR count). The lowest BCUT2D eigenvalue weighted by molar-refractivity contribution is 0.0610. The van der Waals surface area contributed by atoms with Crippen LogP contribution in [-0.4, -0.2) is 12.6 Å². The Hall–Kier alpha value is -0.530. The average Bonchev–Trinajstić information content (AvgIpc) is 2.04. The van der Waals surface area contributed by atoms with Gasteiger partial charge in [0.2, 0.25) is 0 Å². The molecule has 75 valence electrons. The summed E-state index contributed by atoms with van der Waals surface area (Å²) < 4.78 is 4.88. The first-order valence-electron chi connectivity index (χ1n) is 5.18. The molecule has 0 aliphatic heterocycles. The Labute approximate surface area is 80.7 Å². The van der Waals surface area contributed by atoms with Gasteiger partial charge in [-0.3, -0.25) is 0 Å². The maximum Gasteiger partial charge on any atom is 0.417 e. The van der Waals surface area contributed by atoms with Crippen LogP contribution in [0, 0.1) is 17.8 Å². The van der Waals surface area contributed by atoms with Crippen LogP contribution in [0.15, 0.2) is 0 Å². The Bertz CT molecular complexity index is 167. The van der Waals surface area contributed by atoms with Crippen LogP contribution in [0.2, 0.25) is 0 Å². The molecular weight excluding hydrogens is 164 g/mol. The van der Waals surface area contributed by atoms with Gasteiger partial charge in [-0.05, 0) is 37.5 Å². The first-order valence-corrected chi connectivity index (χ1v) is 5.18. The maximum atomic E-state index is 10.1. The van der Waals surface area contributed by atoms with Crippen LogP contribution >= 0.6 is 0 Å². The third-order valence-electron chi connectivity index (χ3n) is 3.33. The van der Waals surface area contributed by atoms with Crippen molar-refractivity contribution in [3.8, 4) is 0 Å². The lowest BCUT2D eigenvalue weighted by Crippen LogP contribution is -2.31. The Morgan fingerprint density at radius 3 is 2.62 bits per heavy atom. The SMILES string of the molecule is CC1CCC(C(C)O[C]=O)C(C)C1. The number of hydrogen-bond donors (Lipinski definition) is 0. The number of rotatable bonds is 3. The zero-order valence-electron chi connectivity index (χ0n) is 8.75. The predicted molar refractivity (Wildman–Crippen MR) is 51.9 cm³/mol. The fourth-order valence-electron chi connectivity index (χ4n) is 2.55. The van der Waals surface area contributed by atoms with E-state index in [1.165, 1.54) is 19.3 Å². The molecule has 0 N–H and O–H groups in total. The van der Waals surface area contributed by atoms with Gasteiger partial charge in [0.25, 0.3) is 0 Å². The van der Waals surface area contributed by atoms with Crippen molar-refractivity contribution in [2.24, 2.45) is 17.8 Å². The summed E-state index contributed by atoms with van der Waals surface area (Å²) in [6.45, 7) is 8.07. The molecule has 0 spiro atoms. The van der Waals surface area contributed by atoms with E-state index in [4.69, 9.17) is 4.74 Å². The third kappa shape index (κ3) is 2.71. The summed E-state index contributed by atoms with van der Waals surface area (Å²) >= 11 is 0. The molecule has 0 saturated heterocycles. The highest BCUT2D eigenvalue weighted by atomic mass is 16.5.